The van der Waals surface area contributed by atoms with Crippen molar-refractivity contribution in [2.24, 2.45) is 0 Å². The van der Waals surface area contributed by atoms with Crippen LogP contribution < -0.4 is 20.1 Å². The van der Waals surface area contributed by atoms with Crippen molar-refractivity contribution in [3.05, 3.63) is 88.4 Å². The monoisotopic (exact) mass is 791 g/mol. The lowest BCUT2D eigenvalue weighted by molar-refractivity contribution is -0.143. The van der Waals surface area contributed by atoms with Crippen LogP contribution in [-0.4, -0.2) is 72.1 Å². The first kappa shape index (κ1) is 42.6. The van der Waals surface area contributed by atoms with Crippen molar-refractivity contribution >= 4 is 45.1 Å². The largest absolute Gasteiger partial charge is 0.494 e. The lowest BCUT2D eigenvalue weighted by Crippen LogP contribution is -2.53. The third kappa shape index (κ3) is 13.6. The van der Waals surface area contributed by atoms with Crippen molar-refractivity contribution in [3.8, 4) is 28.3 Å². The standard InChI is InChI=1S/C40H49N5O8S2/c1-6-7-8-9-10-21-53-30-17-15-27(16-18-30)29-24-41-36(42-25-29)28-13-11-26(12-14-28)22-31(43-38(48)33-19-20-34(54-33)40(2,3)4)37(47)44-32(39(49)50)23-35(46)45-55(5,51)52/h11-20,24-25,31-32H,6-10,21-23H2,1-5H3,(H,43,48)(H,44,47)(H,45,46)(H,49,50)/t31-,32-/m0/s1. The molecule has 2 atom stereocenters. The molecule has 0 saturated heterocycles. The quantitative estimate of drug-likeness (QED) is 0.0832. The second-order valence-electron chi connectivity index (χ2n) is 14.3. The van der Waals surface area contributed by atoms with E-state index in [1.807, 2.05) is 51.1 Å². The zero-order chi connectivity index (χ0) is 40.2. The predicted octanol–water partition coefficient (Wildman–Crippen LogP) is 5.90. The molecule has 0 bridgehead atoms. The van der Waals surface area contributed by atoms with Gasteiger partial charge in [0.15, 0.2) is 5.82 Å². The van der Waals surface area contributed by atoms with E-state index in [-0.39, 0.29) is 11.8 Å². The maximum Gasteiger partial charge on any atom is 0.326 e. The third-order valence-corrected chi connectivity index (χ3v) is 10.6. The van der Waals surface area contributed by atoms with Crippen molar-refractivity contribution in [2.75, 3.05) is 12.9 Å². The molecule has 294 valence electrons. The maximum atomic E-state index is 13.5. The Balaban J connectivity index is 1.46. The van der Waals surface area contributed by atoms with E-state index in [2.05, 4.69) is 27.5 Å². The molecule has 2 heterocycles. The number of amides is 3. The predicted molar refractivity (Wildman–Crippen MR) is 212 cm³/mol. The second-order valence-corrected chi connectivity index (χ2v) is 17.2. The van der Waals surface area contributed by atoms with Crippen LogP contribution in [0.1, 0.15) is 86.3 Å². The van der Waals surface area contributed by atoms with Crippen LogP contribution in [0.5, 0.6) is 5.75 Å². The van der Waals surface area contributed by atoms with E-state index >= 15 is 0 Å². The van der Waals surface area contributed by atoms with E-state index in [1.54, 1.807) is 47.4 Å². The normalized spacial score (nSPS) is 12.7. The van der Waals surface area contributed by atoms with Gasteiger partial charge in [-0.25, -0.2) is 23.2 Å². The minimum atomic E-state index is -3.96. The molecular weight excluding hydrogens is 743 g/mol. The summed E-state index contributed by atoms with van der Waals surface area (Å²) >= 11 is 1.28. The molecule has 0 aliphatic carbocycles. The Morgan fingerprint density at radius 3 is 2.04 bits per heavy atom. The molecule has 13 nitrogen and oxygen atoms in total. The number of nitrogens with one attached hydrogen (secondary N) is 3. The highest BCUT2D eigenvalue weighted by molar-refractivity contribution is 7.89. The van der Waals surface area contributed by atoms with Crippen LogP contribution in [0.3, 0.4) is 0 Å². The van der Waals surface area contributed by atoms with Gasteiger partial charge in [-0.15, -0.1) is 11.3 Å². The smallest absolute Gasteiger partial charge is 0.326 e. The van der Waals surface area contributed by atoms with E-state index in [4.69, 9.17) is 4.74 Å². The zero-order valence-electron chi connectivity index (χ0n) is 31.8. The number of carbonyl (C=O) groups excluding carboxylic acids is 3. The molecule has 55 heavy (non-hydrogen) atoms. The lowest BCUT2D eigenvalue weighted by Gasteiger charge is -2.21. The lowest BCUT2D eigenvalue weighted by atomic mass is 9.95. The van der Waals surface area contributed by atoms with Crippen LogP contribution in [0.25, 0.3) is 22.5 Å². The van der Waals surface area contributed by atoms with E-state index in [0.29, 0.717) is 28.4 Å². The van der Waals surface area contributed by atoms with Crippen molar-refractivity contribution in [1.82, 2.24) is 25.3 Å². The van der Waals surface area contributed by atoms with Crippen LogP contribution in [0.4, 0.5) is 0 Å². The summed E-state index contributed by atoms with van der Waals surface area (Å²) in [7, 11) is -3.96. The molecule has 4 N–H and O–H groups in total. The number of benzene rings is 2. The van der Waals surface area contributed by atoms with E-state index in [1.165, 1.54) is 30.6 Å². The molecule has 0 fully saturated rings. The molecule has 0 saturated carbocycles. The van der Waals surface area contributed by atoms with Gasteiger partial charge in [0, 0.05) is 34.8 Å². The van der Waals surface area contributed by atoms with E-state index in [9.17, 15) is 32.7 Å². The summed E-state index contributed by atoms with van der Waals surface area (Å²) in [6.07, 6.45) is 9.23. The summed E-state index contributed by atoms with van der Waals surface area (Å²) in [5.74, 6) is -2.78. The fraction of sp³-hybridized carbons (Fsp3) is 0.400. The SMILES string of the molecule is CCCCCCCOc1ccc(-c2cnc(-c3ccc(C[C@H](NC(=O)c4ccc(C(C)(C)C)s4)C(=O)N[C@@H](CC(=O)NS(C)(=O)=O)C(=O)O)cc3)nc2)cc1. The molecule has 15 heteroatoms. The molecular formula is C40H49N5O8S2. The number of aliphatic carboxylic acids is 1. The van der Waals surface area contributed by atoms with Crippen molar-refractivity contribution in [3.63, 3.8) is 0 Å². The highest BCUT2D eigenvalue weighted by Crippen LogP contribution is 2.30. The minimum absolute atomic E-state index is 0.0321. The highest BCUT2D eigenvalue weighted by atomic mass is 32.2. The number of carboxylic acid groups (broad SMARTS) is 1. The van der Waals surface area contributed by atoms with E-state index in [0.717, 1.165) is 40.9 Å². The van der Waals surface area contributed by atoms with Gasteiger partial charge < -0.3 is 20.5 Å². The van der Waals surface area contributed by atoms with Gasteiger partial charge >= 0.3 is 5.97 Å². The number of carbonyl (C=O) groups is 4. The van der Waals surface area contributed by atoms with Gasteiger partial charge in [0.2, 0.25) is 21.8 Å². The Morgan fingerprint density at radius 1 is 0.818 bits per heavy atom. The third-order valence-electron chi connectivity index (χ3n) is 8.50. The minimum Gasteiger partial charge on any atom is -0.494 e. The van der Waals surface area contributed by atoms with Crippen LogP contribution >= 0.6 is 11.3 Å². The number of sulfonamides is 1. The average Bonchev–Trinajstić information content (AvgIpc) is 3.64. The topological polar surface area (TPSA) is 194 Å². The molecule has 4 aromatic rings. The number of nitrogens with zero attached hydrogens (tertiary/aromatic N) is 2. The first-order chi connectivity index (χ1) is 26.0. The van der Waals surface area contributed by atoms with Crippen molar-refractivity contribution in [1.29, 1.82) is 0 Å². The van der Waals surface area contributed by atoms with Gasteiger partial charge in [-0.3, -0.25) is 19.1 Å². The Kier molecular flexibility index (Phi) is 15.1. The van der Waals surface area contributed by atoms with E-state index < -0.39 is 52.2 Å². The molecule has 3 amide bonds. The molecule has 4 rings (SSSR count). The number of hydrogen-bond acceptors (Lipinski definition) is 10. The van der Waals surface area contributed by atoms with Crippen molar-refractivity contribution in [2.45, 2.75) is 90.1 Å². The molecule has 0 aliphatic heterocycles. The molecule has 0 aliphatic rings. The molecule has 2 aromatic heterocycles. The first-order valence-corrected chi connectivity index (χ1v) is 20.8. The number of unbranched alkanes of at least 4 members (excludes halogenated alkanes) is 4. The number of thiophene rings is 1. The average molecular weight is 792 g/mol. The maximum absolute atomic E-state index is 13.5. The van der Waals surface area contributed by atoms with Gasteiger partial charge in [0.05, 0.1) is 24.2 Å². The zero-order valence-corrected chi connectivity index (χ0v) is 33.4. The fourth-order valence-corrected chi connectivity index (χ4v) is 6.96. The number of carboxylic acids is 1. The summed E-state index contributed by atoms with van der Waals surface area (Å²) in [5.41, 5.74) is 2.92. The molecule has 0 unspecified atom stereocenters. The Hall–Kier alpha value is -5.15. The molecule has 0 radical (unpaired) electrons. The van der Waals surface area contributed by atoms with Crippen LogP contribution in [0, 0.1) is 0 Å². The summed E-state index contributed by atoms with van der Waals surface area (Å²) in [5, 5.41) is 14.7. The van der Waals surface area contributed by atoms with Gasteiger partial charge in [0.25, 0.3) is 5.91 Å². The Labute approximate surface area is 326 Å². The second kappa shape index (κ2) is 19.4. The summed E-state index contributed by atoms with van der Waals surface area (Å²) < 4.78 is 30.5. The fourth-order valence-electron chi connectivity index (χ4n) is 5.50. The van der Waals surface area contributed by atoms with Gasteiger partial charge in [0.1, 0.15) is 17.8 Å². The van der Waals surface area contributed by atoms with Crippen LogP contribution in [0.2, 0.25) is 0 Å². The highest BCUT2D eigenvalue weighted by Gasteiger charge is 2.30. The summed E-state index contributed by atoms with van der Waals surface area (Å²) in [4.78, 5) is 61.5. The number of hydrogen-bond donors (Lipinski definition) is 4. The Morgan fingerprint density at radius 2 is 1.45 bits per heavy atom. The Bertz CT molecular complexity index is 2030. The first-order valence-electron chi connectivity index (χ1n) is 18.1. The number of ether oxygens (including phenoxy) is 1. The van der Waals surface area contributed by atoms with Crippen molar-refractivity contribution < 1.29 is 37.4 Å². The number of rotatable bonds is 19. The van der Waals surface area contributed by atoms with Crippen LogP contribution in [0.15, 0.2) is 73.1 Å². The van der Waals surface area contributed by atoms with Crippen LogP contribution in [-0.2, 0) is 36.2 Å². The number of aromatic nitrogens is 2. The summed E-state index contributed by atoms with van der Waals surface area (Å²) in [6, 6.07) is 15.3. The molecule has 2 aromatic carbocycles. The van der Waals surface area contributed by atoms with Gasteiger partial charge in [-0.2, -0.15) is 0 Å². The van der Waals surface area contributed by atoms with Gasteiger partial charge in [-0.1, -0.05) is 89.8 Å². The van der Waals surface area contributed by atoms with Gasteiger partial charge in [-0.05, 0) is 47.2 Å². The summed E-state index contributed by atoms with van der Waals surface area (Å²) in [6.45, 7) is 8.92. The molecule has 0 spiro atoms.